The molecule has 7 heteroatoms. The fraction of sp³-hybridized carbons (Fsp3) is 0.154. The van der Waals surface area contributed by atoms with E-state index in [-0.39, 0.29) is 5.95 Å². The van der Waals surface area contributed by atoms with Crippen LogP contribution in [0.5, 0.6) is 0 Å². The molecule has 0 aliphatic heterocycles. The standard InChI is InChI=1S/C13H13ClN6/c1-2-17-11-6-12(20-13(16)19-11)18-10-5-9(14)4-3-8(10)7-15/h3-6H,2H2,1H3,(H4,16,17,18,19,20). The quantitative estimate of drug-likeness (QED) is 0.800. The van der Waals surface area contributed by atoms with Crippen molar-refractivity contribution in [3.63, 3.8) is 0 Å². The van der Waals surface area contributed by atoms with Crippen LogP contribution in [0.4, 0.5) is 23.3 Å². The first-order valence-electron chi connectivity index (χ1n) is 5.97. The molecule has 0 spiro atoms. The van der Waals surface area contributed by atoms with E-state index in [2.05, 4.69) is 26.7 Å². The zero-order valence-corrected chi connectivity index (χ0v) is 11.6. The van der Waals surface area contributed by atoms with Crippen LogP contribution in [0.3, 0.4) is 0 Å². The van der Waals surface area contributed by atoms with E-state index in [1.807, 2.05) is 6.92 Å². The number of nitrogens with two attached hydrogens (primary N) is 1. The van der Waals surface area contributed by atoms with Gasteiger partial charge in [-0.1, -0.05) is 11.6 Å². The van der Waals surface area contributed by atoms with Gasteiger partial charge in [-0.15, -0.1) is 0 Å². The molecule has 0 fully saturated rings. The molecule has 0 aliphatic rings. The Morgan fingerprint density at radius 2 is 2.05 bits per heavy atom. The van der Waals surface area contributed by atoms with Gasteiger partial charge in [0.2, 0.25) is 5.95 Å². The Bertz CT molecular complexity index is 664. The minimum absolute atomic E-state index is 0.145. The Hall–Kier alpha value is -2.52. The monoisotopic (exact) mass is 288 g/mol. The van der Waals surface area contributed by atoms with Gasteiger partial charge in [0, 0.05) is 17.6 Å². The van der Waals surface area contributed by atoms with Crippen molar-refractivity contribution in [2.45, 2.75) is 6.92 Å². The van der Waals surface area contributed by atoms with Gasteiger partial charge in [0.1, 0.15) is 17.7 Å². The van der Waals surface area contributed by atoms with Crippen LogP contribution in [-0.4, -0.2) is 16.5 Å². The molecule has 1 aromatic heterocycles. The van der Waals surface area contributed by atoms with Crippen LogP contribution in [0.1, 0.15) is 12.5 Å². The van der Waals surface area contributed by atoms with Gasteiger partial charge in [-0.05, 0) is 25.1 Å². The van der Waals surface area contributed by atoms with Crippen molar-refractivity contribution in [1.82, 2.24) is 9.97 Å². The fourth-order valence-electron chi connectivity index (χ4n) is 1.66. The summed E-state index contributed by atoms with van der Waals surface area (Å²) in [5.74, 6) is 1.25. The second-order valence-corrected chi connectivity index (χ2v) is 4.39. The lowest BCUT2D eigenvalue weighted by molar-refractivity contribution is 1.12. The number of nitrogen functional groups attached to an aromatic ring is 1. The molecule has 0 saturated carbocycles. The summed E-state index contributed by atoms with van der Waals surface area (Å²) in [5.41, 5.74) is 6.69. The van der Waals surface area contributed by atoms with E-state index in [1.165, 1.54) is 0 Å². The maximum atomic E-state index is 9.08. The maximum Gasteiger partial charge on any atom is 0.223 e. The number of nitriles is 1. The number of hydrogen-bond acceptors (Lipinski definition) is 6. The SMILES string of the molecule is CCNc1cc(Nc2cc(Cl)ccc2C#N)nc(N)n1. The van der Waals surface area contributed by atoms with Crippen LogP contribution in [0, 0.1) is 11.3 Å². The number of benzene rings is 1. The van der Waals surface area contributed by atoms with Gasteiger partial charge in [-0.25, -0.2) is 0 Å². The molecule has 1 heterocycles. The summed E-state index contributed by atoms with van der Waals surface area (Å²) in [6.07, 6.45) is 0. The molecule has 6 nitrogen and oxygen atoms in total. The second kappa shape index (κ2) is 6.08. The lowest BCUT2D eigenvalue weighted by Gasteiger charge is -2.10. The second-order valence-electron chi connectivity index (χ2n) is 3.95. The van der Waals surface area contributed by atoms with E-state index >= 15 is 0 Å². The van der Waals surface area contributed by atoms with Gasteiger partial charge < -0.3 is 16.4 Å². The summed E-state index contributed by atoms with van der Waals surface area (Å²) >= 11 is 5.93. The number of nitrogens with zero attached hydrogens (tertiary/aromatic N) is 3. The molecular formula is C13H13ClN6. The van der Waals surface area contributed by atoms with E-state index in [4.69, 9.17) is 22.6 Å². The van der Waals surface area contributed by atoms with Gasteiger partial charge in [-0.3, -0.25) is 0 Å². The predicted molar refractivity (Wildman–Crippen MR) is 80.1 cm³/mol. The van der Waals surface area contributed by atoms with Crippen LogP contribution in [0.15, 0.2) is 24.3 Å². The molecule has 0 amide bonds. The number of nitrogens with one attached hydrogen (secondary N) is 2. The third-order valence-electron chi connectivity index (χ3n) is 2.47. The normalized spacial score (nSPS) is 9.85. The summed E-state index contributed by atoms with van der Waals surface area (Å²) in [7, 11) is 0. The van der Waals surface area contributed by atoms with Crippen molar-refractivity contribution >= 4 is 34.9 Å². The smallest absolute Gasteiger partial charge is 0.223 e. The Morgan fingerprint density at radius 3 is 2.75 bits per heavy atom. The largest absolute Gasteiger partial charge is 0.370 e. The molecule has 2 rings (SSSR count). The third-order valence-corrected chi connectivity index (χ3v) is 2.70. The van der Waals surface area contributed by atoms with Crippen LogP contribution < -0.4 is 16.4 Å². The van der Waals surface area contributed by atoms with Crippen LogP contribution >= 0.6 is 11.6 Å². The Labute approximate surface area is 121 Å². The van der Waals surface area contributed by atoms with Gasteiger partial charge in [0.05, 0.1) is 11.3 Å². The molecule has 2 aromatic rings. The topological polar surface area (TPSA) is 99.6 Å². The number of anilines is 4. The molecule has 0 aliphatic carbocycles. The summed E-state index contributed by atoms with van der Waals surface area (Å²) < 4.78 is 0. The fourth-order valence-corrected chi connectivity index (χ4v) is 1.83. The van der Waals surface area contributed by atoms with Crippen LogP contribution in [0.25, 0.3) is 0 Å². The minimum Gasteiger partial charge on any atom is -0.370 e. The van der Waals surface area contributed by atoms with E-state index in [1.54, 1.807) is 24.3 Å². The molecular weight excluding hydrogens is 276 g/mol. The molecule has 0 bridgehead atoms. The first-order valence-corrected chi connectivity index (χ1v) is 6.35. The zero-order chi connectivity index (χ0) is 14.5. The van der Waals surface area contributed by atoms with Crippen LogP contribution in [-0.2, 0) is 0 Å². The minimum atomic E-state index is 0.145. The van der Waals surface area contributed by atoms with Crippen molar-refractivity contribution < 1.29 is 0 Å². The van der Waals surface area contributed by atoms with E-state index in [0.29, 0.717) is 27.9 Å². The predicted octanol–water partition coefficient (Wildman–Crippen LogP) is 2.76. The molecule has 0 atom stereocenters. The maximum absolute atomic E-state index is 9.08. The highest BCUT2D eigenvalue weighted by molar-refractivity contribution is 6.30. The zero-order valence-electron chi connectivity index (χ0n) is 10.8. The first kappa shape index (κ1) is 13.9. The number of halogens is 1. The average molecular weight is 289 g/mol. The summed E-state index contributed by atoms with van der Waals surface area (Å²) in [6.45, 7) is 2.67. The van der Waals surface area contributed by atoms with Gasteiger partial charge in [0.25, 0.3) is 0 Å². The molecule has 4 N–H and O–H groups in total. The van der Waals surface area contributed by atoms with Crippen molar-refractivity contribution in [1.29, 1.82) is 5.26 Å². The molecule has 0 saturated heterocycles. The Morgan fingerprint density at radius 1 is 1.30 bits per heavy atom. The van der Waals surface area contributed by atoms with Gasteiger partial charge >= 0.3 is 0 Å². The molecule has 0 radical (unpaired) electrons. The molecule has 102 valence electrons. The highest BCUT2D eigenvalue weighted by atomic mass is 35.5. The lowest BCUT2D eigenvalue weighted by atomic mass is 10.2. The molecule has 20 heavy (non-hydrogen) atoms. The van der Waals surface area contributed by atoms with E-state index in [0.717, 1.165) is 6.54 Å². The van der Waals surface area contributed by atoms with Crippen molar-refractivity contribution in [2.75, 3.05) is 22.9 Å². The summed E-state index contributed by atoms with van der Waals surface area (Å²) in [6, 6.07) is 8.75. The van der Waals surface area contributed by atoms with Crippen LogP contribution in [0.2, 0.25) is 5.02 Å². The lowest BCUT2D eigenvalue weighted by Crippen LogP contribution is -2.06. The summed E-state index contributed by atoms with van der Waals surface area (Å²) in [4.78, 5) is 8.13. The Kier molecular flexibility index (Phi) is 4.23. The van der Waals surface area contributed by atoms with Gasteiger partial charge in [-0.2, -0.15) is 15.2 Å². The molecule has 1 aromatic carbocycles. The Balaban J connectivity index is 2.35. The number of aromatic nitrogens is 2. The van der Waals surface area contributed by atoms with E-state index < -0.39 is 0 Å². The van der Waals surface area contributed by atoms with Crippen molar-refractivity contribution in [3.05, 3.63) is 34.9 Å². The highest BCUT2D eigenvalue weighted by Gasteiger charge is 2.06. The van der Waals surface area contributed by atoms with Crippen molar-refractivity contribution in [2.24, 2.45) is 0 Å². The van der Waals surface area contributed by atoms with Gasteiger partial charge in [0.15, 0.2) is 0 Å². The molecule has 0 unspecified atom stereocenters. The van der Waals surface area contributed by atoms with E-state index in [9.17, 15) is 0 Å². The number of hydrogen-bond donors (Lipinski definition) is 3. The average Bonchev–Trinajstić information content (AvgIpc) is 2.38. The summed E-state index contributed by atoms with van der Waals surface area (Å²) in [5, 5.41) is 15.7. The van der Waals surface area contributed by atoms with Crippen molar-refractivity contribution in [3.8, 4) is 6.07 Å². The first-order chi connectivity index (χ1) is 9.62. The highest BCUT2D eigenvalue weighted by Crippen LogP contribution is 2.24. The number of rotatable bonds is 4. The third kappa shape index (κ3) is 3.28.